The summed E-state index contributed by atoms with van der Waals surface area (Å²) in [7, 11) is 0. The van der Waals surface area contributed by atoms with Crippen LogP contribution in [0.4, 0.5) is 0 Å². The fourth-order valence-electron chi connectivity index (χ4n) is 1.78. The second-order valence-electron chi connectivity index (χ2n) is 4.23. The first kappa shape index (κ1) is 13.0. The SMILES string of the molecule is C#CCN1CCN(C(=O)CC(N)CC)CC1. The molecule has 1 unspecified atom stereocenters. The van der Waals surface area contributed by atoms with Crippen LogP contribution in [0.25, 0.3) is 0 Å². The van der Waals surface area contributed by atoms with Crippen molar-refractivity contribution in [2.75, 3.05) is 32.7 Å². The topological polar surface area (TPSA) is 49.6 Å². The molecular formula is C12H21N3O. The molecule has 0 bridgehead atoms. The van der Waals surface area contributed by atoms with Gasteiger partial charge < -0.3 is 10.6 Å². The second kappa shape index (κ2) is 6.51. The Balaban J connectivity index is 2.30. The Morgan fingerprint density at radius 3 is 2.56 bits per heavy atom. The minimum absolute atomic E-state index is 0.00348. The zero-order chi connectivity index (χ0) is 12.0. The molecule has 0 aromatic rings. The highest BCUT2D eigenvalue weighted by atomic mass is 16.2. The van der Waals surface area contributed by atoms with Crippen molar-refractivity contribution in [1.82, 2.24) is 9.80 Å². The van der Waals surface area contributed by atoms with Crippen molar-refractivity contribution in [3.63, 3.8) is 0 Å². The van der Waals surface area contributed by atoms with Gasteiger partial charge in [-0.2, -0.15) is 0 Å². The van der Waals surface area contributed by atoms with Crippen molar-refractivity contribution in [3.05, 3.63) is 0 Å². The van der Waals surface area contributed by atoms with Crippen LogP contribution in [-0.2, 0) is 4.79 Å². The molecule has 4 heteroatoms. The van der Waals surface area contributed by atoms with Gasteiger partial charge >= 0.3 is 0 Å². The minimum Gasteiger partial charge on any atom is -0.340 e. The lowest BCUT2D eigenvalue weighted by Gasteiger charge is -2.34. The highest BCUT2D eigenvalue weighted by molar-refractivity contribution is 5.76. The largest absolute Gasteiger partial charge is 0.340 e. The van der Waals surface area contributed by atoms with Crippen LogP contribution in [0.3, 0.4) is 0 Å². The lowest BCUT2D eigenvalue weighted by Crippen LogP contribution is -2.49. The molecule has 16 heavy (non-hydrogen) atoms. The predicted octanol–water partition coefficient (Wildman–Crippen LogP) is -0.109. The Hall–Kier alpha value is -1.05. The molecule has 2 N–H and O–H groups in total. The zero-order valence-electron chi connectivity index (χ0n) is 9.98. The molecule has 0 aromatic carbocycles. The van der Waals surface area contributed by atoms with Crippen LogP contribution >= 0.6 is 0 Å². The van der Waals surface area contributed by atoms with Crippen LogP contribution in [0.15, 0.2) is 0 Å². The van der Waals surface area contributed by atoms with Crippen molar-refractivity contribution >= 4 is 5.91 Å². The van der Waals surface area contributed by atoms with E-state index >= 15 is 0 Å². The van der Waals surface area contributed by atoms with Gasteiger partial charge in [0.1, 0.15) is 0 Å². The van der Waals surface area contributed by atoms with Crippen molar-refractivity contribution in [2.24, 2.45) is 5.73 Å². The number of carbonyl (C=O) groups is 1. The number of nitrogens with zero attached hydrogens (tertiary/aromatic N) is 2. The summed E-state index contributed by atoms with van der Waals surface area (Å²) in [4.78, 5) is 15.9. The highest BCUT2D eigenvalue weighted by Crippen LogP contribution is 2.05. The Kier molecular flexibility index (Phi) is 5.30. The van der Waals surface area contributed by atoms with Crippen LogP contribution in [0.1, 0.15) is 19.8 Å². The van der Waals surface area contributed by atoms with E-state index in [-0.39, 0.29) is 11.9 Å². The predicted molar refractivity (Wildman–Crippen MR) is 64.7 cm³/mol. The number of rotatable bonds is 4. The highest BCUT2D eigenvalue weighted by Gasteiger charge is 2.21. The van der Waals surface area contributed by atoms with Gasteiger partial charge in [0.25, 0.3) is 0 Å². The molecule has 0 saturated carbocycles. The summed E-state index contributed by atoms with van der Waals surface area (Å²) in [6.45, 7) is 5.97. The number of nitrogens with two attached hydrogens (primary N) is 1. The lowest BCUT2D eigenvalue weighted by molar-refractivity contribution is -0.133. The van der Waals surface area contributed by atoms with E-state index in [4.69, 9.17) is 12.2 Å². The normalized spacial score (nSPS) is 19.2. The summed E-state index contributed by atoms with van der Waals surface area (Å²) >= 11 is 0. The van der Waals surface area contributed by atoms with Gasteiger partial charge in [-0.15, -0.1) is 6.42 Å². The Bertz CT molecular complexity index is 264. The summed E-state index contributed by atoms with van der Waals surface area (Å²) in [6, 6.07) is -0.00348. The average Bonchev–Trinajstić information content (AvgIpc) is 2.30. The quantitative estimate of drug-likeness (QED) is 0.677. The molecule has 1 amide bonds. The van der Waals surface area contributed by atoms with E-state index in [1.54, 1.807) is 0 Å². The molecule has 1 rings (SSSR count). The smallest absolute Gasteiger partial charge is 0.224 e. The van der Waals surface area contributed by atoms with Gasteiger partial charge in [0.2, 0.25) is 5.91 Å². The molecule has 0 radical (unpaired) electrons. The summed E-state index contributed by atoms with van der Waals surface area (Å²) < 4.78 is 0. The molecule has 90 valence electrons. The van der Waals surface area contributed by atoms with Crippen molar-refractivity contribution < 1.29 is 4.79 Å². The van der Waals surface area contributed by atoms with Crippen LogP contribution in [0.2, 0.25) is 0 Å². The van der Waals surface area contributed by atoms with Gasteiger partial charge in [-0.25, -0.2) is 0 Å². The van der Waals surface area contributed by atoms with Crippen LogP contribution in [0, 0.1) is 12.3 Å². The molecule has 0 aromatic heterocycles. The van der Waals surface area contributed by atoms with Crippen molar-refractivity contribution in [1.29, 1.82) is 0 Å². The summed E-state index contributed by atoms with van der Waals surface area (Å²) in [5.74, 6) is 2.80. The molecule has 1 aliphatic rings. The van der Waals surface area contributed by atoms with E-state index in [9.17, 15) is 4.79 Å². The first-order valence-corrected chi connectivity index (χ1v) is 5.86. The number of amides is 1. The fourth-order valence-corrected chi connectivity index (χ4v) is 1.78. The van der Waals surface area contributed by atoms with E-state index in [0.717, 1.165) is 32.6 Å². The molecule has 0 spiro atoms. The standard InChI is InChI=1S/C12H21N3O/c1-3-5-14-6-8-15(9-7-14)12(16)10-11(13)4-2/h1,11H,4-10,13H2,2H3. The molecular weight excluding hydrogens is 202 g/mol. The Labute approximate surface area is 97.8 Å². The third-order valence-electron chi connectivity index (χ3n) is 3.00. The molecule has 0 aliphatic carbocycles. The van der Waals surface area contributed by atoms with Crippen LogP contribution in [-0.4, -0.2) is 54.5 Å². The Morgan fingerprint density at radius 1 is 1.44 bits per heavy atom. The van der Waals surface area contributed by atoms with E-state index in [1.807, 2.05) is 11.8 Å². The number of carbonyl (C=O) groups excluding carboxylic acids is 1. The van der Waals surface area contributed by atoms with E-state index in [0.29, 0.717) is 13.0 Å². The first-order chi connectivity index (χ1) is 7.67. The monoisotopic (exact) mass is 223 g/mol. The minimum atomic E-state index is -0.00348. The van der Waals surface area contributed by atoms with Gasteiger partial charge in [-0.3, -0.25) is 9.69 Å². The third kappa shape index (κ3) is 3.84. The number of hydrogen-bond donors (Lipinski definition) is 1. The summed E-state index contributed by atoms with van der Waals surface area (Å²) in [5.41, 5.74) is 5.77. The van der Waals surface area contributed by atoms with E-state index in [2.05, 4.69) is 10.8 Å². The van der Waals surface area contributed by atoms with Gasteiger partial charge in [-0.1, -0.05) is 12.8 Å². The number of hydrogen-bond acceptors (Lipinski definition) is 3. The first-order valence-electron chi connectivity index (χ1n) is 5.86. The molecule has 1 heterocycles. The van der Waals surface area contributed by atoms with Gasteiger partial charge in [0, 0.05) is 38.6 Å². The van der Waals surface area contributed by atoms with Gasteiger partial charge in [-0.05, 0) is 6.42 Å². The molecule has 1 fully saturated rings. The second-order valence-corrected chi connectivity index (χ2v) is 4.23. The number of piperazine rings is 1. The Morgan fingerprint density at radius 2 is 2.06 bits per heavy atom. The molecule has 1 saturated heterocycles. The van der Waals surface area contributed by atoms with Crippen molar-refractivity contribution in [2.45, 2.75) is 25.8 Å². The van der Waals surface area contributed by atoms with E-state index < -0.39 is 0 Å². The van der Waals surface area contributed by atoms with Crippen LogP contribution in [0.5, 0.6) is 0 Å². The molecule has 4 nitrogen and oxygen atoms in total. The van der Waals surface area contributed by atoms with Crippen molar-refractivity contribution in [3.8, 4) is 12.3 Å². The van der Waals surface area contributed by atoms with Gasteiger partial charge in [0.15, 0.2) is 0 Å². The number of terminal acetylenes is 1. The molecule has 1 aliphatic heterocycles. The summed E-state index contributed by atoms with van der Waals surface area (Å²) in [6.07, 6.45) is 6.56. The zero-order valence-corrected chi connectivity index (χ0v) is 9.98. The van der Waals surface area contributed by atoms with Gasteiger partial charge in [0.05, 0.1) is 6.54 Å². The fraction of sp³-hybridized carbons (Fsp3) is 0.750. The summed E-state index contributed by atoms with van der Waals surface area (Å²) in [5, 5.41) is 0. The lowest BCUT2D eigenvalue weighted by atomic mass is 10.1. The molecule has 1 atom stereocenters. The van der Waals surface area contributed by atoms with E-state index in [1.165, 1.54) is 0 Å². The van der Waals surface area contributed by atoms with Crippen LogP contribution < -0.4 is 5.73 Å². The maximum Gasteiger partial charge on any atom is 0.224 e. The average molecular weight is 223 g/mol. The third-order valence-corrected chi connectivity index (χ3v) is 3.00. The maximum absolute atomic E-state index is 11.8. The maximum atomic E-state index is 11.8.